The van der Waals surface area contributed by atoms with Crippen molar-refractivity contribution < 1.29 is 14.2 Å². The molecule has 0 saturated carbocycles. The van der Waals surface area contributed by atoms with Crippen LogP contribution in [0.5, 0.6) is 23.1 Å². The van der Waals surface area contributed by atoms with Crippen molar-refractivity contribution in [3.05, 3.63) is 119 Å². The molecule has 1 aliphatic heterocycles. The molecule has 0 amide bonds. The van der Waals surface area contributed by atoms with Crippen LogP contribution in [0.25, 0.3) is 16.4 Å². The number of ether oxygens (including phenoxy) is 3. The van der Waals surface area contributed by atoms with Gasteiger partial charge in [0, 0.05) is 11.5 Å². The van der Waals surface area contributed by atoms with Gasteiger partial charge in [0.25, 0.3) is 0 Å². The summed E-state index contributed by atoms with van der Waals surface area (Å²) in [6.45, 7) is 2.26. The fourth-order valence-electron chi connectivity index (χ4n) is 5.20. The molecule has 0 N–H and O–H groups in total. The number of rotatable bonds is 5. The van der Waals surface area contributed by atoms with Crippen molar-refractivity contribution >= 4 is 16.4 Å². The molecule has 7 heteroatoms. The molecular weight excluding hydrogens is 476 g/mol. The van der Waals surface area contributed by atoms with E-state index in [-0.39, 0.29) is 12.5 Å². The van der Waals surface area contributed by atoms with Crippen LogP contribution in [0.3, 0.4) is 0 Å². The van der Waals surface area contributed by atoms with Gasteiger partial charge in [-0.1, -0.05) is 60.7 Å². The zero-order valence-electron chi connectivity index (χ0n) is 21.0. The molecule has 0 bridgehead atoms. The van der Waals surface area contributed by atoms with Crippen LogP contribution in [0, 0.1) is 6.92 Å². The Morgan fingerprint density at radius 3 is 2.55 bits per heavy atom. The third-order valence-electron chi connectivity index (χ3n) is 7.04. The number of nitrogens with zero attached hydrogens (tertiary/aromatic N) is 4. The summed E-state index contributed by atoms with van der Waals surface area (Å²) < 4.78 is 19.6. The zero-order chi connectivity index (χ0) is 25.6. The lowest BCUT2D eigenvalue weighted by Gasteiger charge is -2.29. The molecule has 7 nitrogen and oxygen atoms in total. The maximum atomic E-state index is 6.40. The molecule has 0 aliphatic carbocycles. The van der Waals surface area contributed by atoms with Crippen LogP contribution in [0.1, 0.15) is 34.0 Å². The van der Waals surface area contributed by atoms with E-state index in [4.69, 9.17) is 19.2 Å². The predicted molar refractivity (Wildman–Crippen MR) is 144 cm³/mol. The molecule has 1 aliphatic rings. The second-order valence-electron chi connectivity index (χ2n) is 9.32. The molecular formula is C31H24N4O3. The molecule has 4 aromatic carbocycles. The van der Waals surface area contributed by atoms with Crippen LogP contribution in [0.4, 0.5) is 0 Å². The van der Waals surface area contributed by atoms with Crippen LogP contribution >= 0.6 is 0 Å². The summed E-state index contributed by atoms with van der Waals surface area (Å²) in [6, 6.07) is 28.5. The van der Waals surface area contributed by atoms with Crippen molar-refractivity contribution in [2.24, 2.45) is 0 Å². The summed E-state index contributed by atoms with van der Waals surface area (Å²) >= 11 is 0. The monoisotopic (exact) mass is 500 g/mol. The molecule has 3 heterocycles. The Morgan fingerprint density at radius 1 is 0.895 bits per heavy atom. The minimum atomic E-state index is -0.170. The number of aromatic nitrogens is 4. The van der Waals surface area contributed by atoms with Gasteiger partial charge in [0.1, 0.15) is 30.2 Å². The van der Waals surface area contributed by atoms with Crippen molar-refractivity contribution in [3.8, 4) is 23.1 Å². The fourth-order valence-corrected chi connectivity index (χ4v) is 5.20. The van der Waals surface area contributed by atoms with E-state index >= 15 is 0 Å². The van der Waals surface area contributed by atoms with Crippen LogP contribution in [0.15, 0.2) is 91.3 Å². The molecule has 186 valence electrons. The molecule has 7 rings (SSSR count). The second kappa shape index (κ2) is 8.88. The SMILES string of the molecule is COc1ccc([C@@H]2c3c(ccc4ccccc34)Oc3ncn4nc(COc5ccccc5C)nc4c32)cc1. The van der Waals surface area contributed by atoms with Crippen LogP contribution in [-0.2, 0) is 6.61 Å². The van der Waals surface area contributed by atoms with Crippen molar-refractivity contribution in [2.45, 2.75) is 19.4 Å². The van der Waals surface area contributed by atoms with E-state index in [9.17, 15) is 0 Å². The van der Waals surface area contributed by atoms with Gasteiger partial charge in [-0.15, -0.1) is 5.10 Å². The van der Waals surface area contributed by atoms with Crippen molar-refractivity contribution in [1.29, 1.82) is 0 Å². The van der Waals surface area contributed by atoms with E-state index in [1.807, 2.05) is 55.5 Å². The number of hydrogen-bond acceptors (Lipinski definition) is 6. The summed E-state index contributed by atoms with van der Waals surface area (Å²) in [5.74, 6) is 3.33. The fraction of sp³-hybridized carbons (Fsp3) is 0.129. The Morgan fingerprint density at radius 2 is 1.71 bits per heavy atom. The van der Waals surface area contributed by atoms with E-state index in [1.54, 1.807) is 18.0 Å². The van der Waals surface area contributed by atoms with Gasteiger partial charge in [0.15, 0.2) is 11.5 Å². The summed E-state index contributed by atoms with van der Waals surface area (Å²) in [6.07, 6.45) is 1.65. The summed E-state index contributed by atoms with van der Waals surface area (Å²) in [7, 11) is 1.67. The maximum Gasteiger partial charge on any atom is 0.228 e. The van der Waals surface area contributed by atoms with Crippen LogP contribution in [0.2, 0.25) is 0 Å². The first-order chi connectivity index (χ1) is 18.7. The average Bonchev–Trinajstić information content (AvgIpc) is 3.39. The molecule has 0 saturated heterocycles. The zero-order valence-corrected chi connectivity index (χ0v) is 21.0. The molecule has 0 unspecified atom stereocenters. The topological polar surface area (TPSA) is 70.8 Å². The number of para-hydroxylation sites is 1. The Balaban J connectivity index is 1.40. The molecule has 2 aromatic heterocycles. The Labute approximate surface area is 219 Å². The van der Waals surface area contributed by atoms with Gasteiger partial charge >= 0.3 is 0 Å². The maximum absolute atomic E-state index is 6.40. The van der Waals surface area contributed by atoms with Gasteiger partial charge in [-0.2, -0.15) is 0 Å². The first-order valence-electron chi connectivity index (χ1n) is 12.5. The first-order valence-corrected chi connectivity index (χ1v) is 12.5. The Bertz CT molecular complexity index is 1810. The summed E-state index contributed by atoms with van der Waals surface area (Å²) in [4.78, 5) is 9.57. The van der Waals surface area contributed by atoms with E-state index in [0.29, 0.717) is 17.4 Å². The number of benzene rings is 4. The van der Waals surface area contributed by atoms with Gasteiger partial charge in [0.2, 0.25) is 5.88 Å². The lowest BCUT2D eigenvalue weighted by molar-refractivity contribution is 0.294. The number of hydrogen-bond donors (Lipinski definition) is 0. The van der Waals surface area contributed by atoms with Crippen molar-refractivity contribution in [2.75, 3.05) is 7.11 Å². The minimum absolute atomic E-state index is 0.170. The van der Waals surface area contributed by atoms with Crippen LogP contribution < -0.4 is 14.2 Å². The highest BCUT2D eigenvalue weighted by molar-refractivity contribution is 5.90. The number of aryl methyl sites for hydroxylation is 1. The van der Waals surface area contributed by atoms with Crippen LogP contribution in [-0.4, -0.2) is 26.7 Å². The van der Waals surface area contributed by atoms with E-state index in [0.717, 1.165) is 50.3 Å². The first kappa shape index (κ1) is 22.3. The predicted octanol–water partition coefficient (Wildman–Crippen LogP) is 6.46. The molecule has 0 radical (unpaired) electrons. The largest absolute Gasteiger partial charge is 0.497 e. The highest BCUT2D eigenvalue weighted by Crippen LogP contribution is 2.50. The van der Waals surface area contributed by atoms with Gasteiger partial charge in [-0.05, 0) is 53.1 Å². The summed E-state index contributed by atoms with van der Waals surface area (Å²) in [5.41, 5.74) is 4.79. The second-order valence-corrected chi connectivity index (χ2v) is 9.32. The standard InChI is InChI=1S/C31H24N4O3/c1-19-7-3-6-10-24(19)37-17-26-33-30-29-27(21-11-14-22(36-2)15-12-21)28-23-9-5-4-8-20(23)13-16-25(28)38-31(29)32-18-35(30)34-26/h3-16,18,27H,17H2,1-2H3/t27-/m1/s1. The van der Waals surface area contributed by atoms with Gasteiger partial charge < -0.3 is 14.2 Å². The Hall–Kier alpha value is -4.91. The highest BCUT2D eigenvalue weighted by atomic mass is 16.5. The third kappa shape index (κ3) is 3.63. The van der Waals surface area contributed by atoms with Crippen molar-refractivity contribution in [1.82, 2.24) is 19.6 Å². The van der Waals surface area contributed by atoms with Gasteiger partial charge in [-0.25, -0.2) is 14.5 Å². The molecule has 0 spiro atoms. The Kier molecular flexibility index (Phi) is 5.21. The molecule has 38 heavy (non-hydrogen) atoms. The highest BCUT2D eigenvalue weighted by Gasteiger charge is 2.34. The lowest BCUT2D eigenvalue weighted by Crippen LogP contribution is -2.15. The molecule has 0 fully saturated rings. The summed E-state index contributed by atoms with van der Waals surface area (Å²) in [5, 5.41) is 6.95. The normalized spacial score (nSPS) is 14.1. The van der Waals surface area contributed by atoms with Crippen molar-refractivity contribution in [3.63, 3.8) is 0 Å². The van der Waals surface area contributed by atoms with Gasteiger partial charge in [-0.3, -0.25) is 0 Å². The van der Waals surface area contributed by atoms with E-state index in [1.165, 1.54) is 0 Å². The number of fused-ring (bicyclic) bond motifs is 6. The lowest BCUT2D eigenvalue weighted by atomic mass is 9.81. The average molecular weight is 501 g/mol. The third-order valence-corrected chi connectivity index (χ3v) is 7.04. The molecule has 1 atom stereocenters. The number of methoxy groups -OCH3 is 1. The van der Waals surface area contributed by atoms with E-state index in [2.05, 4.69) is 46.5 Å². The minimum Gasteiger partial charge on any atom is -0.497 e. The van der Waals surface area contributed by atoms with Gasteiger partial charge in [0.05, 0.1) is 12.7 Å². The smallest absolute Gasteiger partial charge is 0.228 e. The van der Waals surface area contributed by atoms with E-state index < -0.39 is 0 Å². The molecule has 6 aromatic rings. The quantitative estimate of drug-likeness (QED) is 0.270.